The number of rotatable bonds is 5. The normalized spacial score (nSPS) is 13.9. The lowest BCUT2D eigenvalue weighted by Crippen LogP contribution is -2.47. The number of carbonyl (C=O) groups excluding carboxylic acids is 1. The molecule has 0 saturated heterocycles. The van der Waals surface area contributed by atoms with Crippen LogP contribution in [0.25, 0.3) is 11.3 Å². The van der Waals surface area contributed by atoms with Crippen LogP contribution in [0, 0.1) is 5.82 Å². The Balaban J connectivity index is 2.83. The van der Waals surface area contributed by atoms with E-state index < -0.39 is 34.6 Å². The van der Waals surface area contributed by atoms with Crippen molar-refractivity contribution in [1.29, 1.82) is 0 Å². The van der Waals surface area contributed by atoms with Crippen molar-refractivity contribution in [2.24, 2.45) is 0 Å². The summed E-state index contributed by atoms with van der Waals surface area (Å²) in [6.07, 6.45) is -0.304. The number of imidazole rings is 1. The lowest BCUT2D eigenvalue weighted by molar-refractivity contribution is 0.0454. The molecular weight excluding hydrogens is 413 g/mol. The lowest BCUT2D eigenvalue weighted by Gasteiger charge is -2.31. The number of amides is 1. The molecule has 0 spiro atoms. The van der Waals surface area contributed by atoms with E-state index in [2.05, 4.69) is 16.9 Å². The highest BCUT2D eigenvalue weighted by atomic mass is 19.1. The summed E-state index contributed by atoms with van der Waals surface area (Å²) < 4.78 is 21.1. The maximum Gasteiger partial charge on any atom is 0.417 e. The van der Waals surface area contributed by atoms with Crippen molar-refractivity contribution in [3.63, 3.8) is 0 Å². The van der Waals surface area contributed by atoms with Gasteiger partial charge in [-0.2, -0.15) is 0 Å². The largest absolute Gasteiger partial charge is 0.464 e. The average molecular weight is 446 g/mol. The molecular formula is C24H32FN3O4. The van der Waals surface area contributed by atoms with E-state index >= 15 is 0 Å². The molecule has 0 saturated carbocycles. The molecule has 0 fully saturated rings. The van der Waals surface area contributed by atoms with Crippen molar-refractivity contribution in [3.05, 3.63) is 54.3 Å². The van der Waals surface area contributed by atoms with E-state index in [1.165, 1.54) is 6.07 Å². The molecule has 2 N–H and O–H groups in total. The van der Waals surface area contributed by atoms with Crippen LogP contribution in [0.5, 0.6) is 0 Å². The molecule has 1 amide bonds. The minimum atomic E-state index is -1.29. The lowest BCUT2D eigenvalue weighted by atomic mass is 9.88. The standard InChI is InChI=1S/C24H32FN3O4/c1-9-14-24(8,27-20(29)32-23(5,6)7)19-26-17(15-12-10-11-13-16(15)25)18(22(2,3)4)28(19)21(30)31/h9-13H,1,14H2,2-8H3,(H,27,29)(H,30,31). The van der Waals surface area contributed by atoms with Crippen molar-refractivity contribution >= 4 is 12.2 Å². The van der Waals surface area contributed by atoms with Gasteiger partial charge in [-0.25, -0.2) is 23.5 Å². The third-order valence-corrected chi connectivity index (χ3v) is 4.73. The number of hydrogen-bond donors (Lipinski definition) is 2. The average Bonchev–Trinajstić information content (AvgIpc) is 3.02. The van der Waals surface area contributed by atoms with Gasteiger partial charge in [0, 0.05) is 11.0 Å². The van der Waals surface area contributed by atoms with Gasteiger partial charge in [0.25, 0.3) is 0 Å². The van der Waals surface area contributed by atoms with Gasteiger partial charge < -0.3 is 15.2 Å². The first-order valence-electron chi connectivity index (χ1n) is 10.3. The Hall–Kier alpha value is -3.16. The maximum absolute atomic E-state index is 14.7. The smallest absolute Gasteiger partial charge is 0.417 e. The number of nitrogens with zero attached hydrogens (tertiary/aromatic N) is 2. The topological polar surface area (TPSA) is 93.5 Å². The van der Waals surface area contributed by atoms with Crippen molar-refractivity contribution < 1.29 is 23.8 Å². The predicted octanol–water partition coefficient (Wildman–Crippen LogP) is 5.83. The fraction of sp³-hybridized carbons (Fsp3) is 0.458. The highest BCUT2D eigenvalue weighted by Crippen LogP contribution is 2.38. The molecule has 1 heterocycles. The van der Waals surface area contributed by atoms with E-state index in [1.807, 2.05) is 20.8 Å². The minimum Gasteiger partial charge on any atom is -0.464 e. The summed E-state index contributed by atoms with van der Waals surface area (Å²) in [5.41, 5.74) is -2.05. The Morgan fingerprint density at radius 1 is 1.19 bits per heavy atom. The maximum atomic E-state index is 14.7. The molecule has 1 aromatic heterocycles. The van der Waals surface area contributed by atoms with Gasteiger partial charge in [-0.15, -0.1) is 6.58 Å². The number of alkyl carbamates (subject to hydrolysis) is 1. The second-order valence-corrected chi connectivity index (χ2v) is 9.93. The zero-order valence-corrected chi connectivity index (χ0v) is 19.7. The molecule has 1 atom stereocenters. The van der Waals surface area contributed by atoms with Crippen LogP contribution in [0.2, 0.25) is 0 Å². The van der Waals surface area contributed by atoms with Gasteiger partial charge in [0.2, 0.25) is 0 Å². The summed E-state index contributed by atoms with van der Waals surface area (Å²) in [6.45, 7) is 16.0. The van der Waals surface area contributed by atoms with E-state index in [0.29, 0.717) is 5.69 Å². The van der Waals surface area contributed by atoms with E-state index in [-0.39, 0.29) is 23.5 Å². The Morgan fingerprint density at radius 3 is 2.25 bits per heavy atom. The Labute approximate surface area is 188 Å². The van der Waals surface area contributed by atoms with Crippen LogP contribution >= 0.6 is 0 Å². The number of aromatic nitrogens is 2. The summed E-state index contributed by atoms with van der Waals surface area (Å²) in [6, 6.07) is 6.06. The van der Waals surface area contributed by atoms with Gasteiger partial charge in [0.1, 0.15) is 22.8 Å². The molecule has 0 aliphatic rings. The number of benzene rings is 1. The molecule has 1 unspecified atom stereocenters. The van der Waals surface area contributed by atoms with E-state index in [4.69, 9.17) is 4.74 Å². The molecule has 0 bridgehead atoms. The molecule has 0 aliphatic carbocycles. The molecule has 0 aliphatic heterocycles. The third kappa shape index (κ3) is 5.36. The van der Waals surface area contributed by atoms with Crippen molar-refractivity contribution in [2.75, 3.05) is 0 Å². The first-order valence-corrected chi connectivity index (χ1v) is 10.3. The summed E-state index contributed by atoms with van der Waals surface area (Å²) in [4.78, 5) is 29.6. The monoisotopic (exact) mass is 445 g/mol. The quantitative estimate of drug-likeness (QED) is 0.565. The fourth-order valence-electron chi connectivity index (χ4n) is 3.52. The summed E-state index contributed by atoms with van der Waals surface area (Å²) in [5.74, 6) is -0.482. The summed E-state index contributed by atoms with van der Waals surface area (Å²) in [5, 5.41) is 12.9. The van der Waals surface area contributed by atoms with Crippen LogP contribution in [0.4, 0.5) is 14.0 Å². The Morgan fingerprint density at radius 2 is 1.78 bits per heavy atom. The molecule has 7 nitrogen and oxygen atoms in total. The molecule has 8 heteroatoms. The number of carboxylic acid groups (broad SMARTS) is 1. The second kappa shape index (κ2) is 8.76. The van der Waals surface area contributed by atoms with Gasteiger partial charge in [-0.05, 0) is 46.2 Å². The fourth-order valence-corrected chi connectivity index (χ4v) is 3.52. The summed E-state index contributed by atoms with van der Waals surface area (Å²) in [7, 11) is 0. The zero-order valence-electron chi connectivity index (χ0n) is 19.7. The van der Waals surface area contributed by atoms with Gasteiger partial charge in [-0.1, -0.05) is 39.0 Å². The molecule has 1 aromatic carbocycles. The van der Waals surface area contributed by atoms with Gasteiger partial charge in [0.05, 0.1) is 11.4 Å². The van der Waals surface area contributed by atoms with Crippen molar-refractivity contribution in [1.82, 2.24) is 14.9 Å². The van der Waals surface area contributed by atoms with Crippen LogP contribution in [0.1, 0.15) is 66.4 Å². The molecule has 174 valence electrons. The van der Waals surface area contributed by atoms with Crippen LogP contribution in [-0.4, -0.2) is 32.4 Å². The van der Waals surface area contributed by atoms with Crippen LogP contribution < -0.4 is 5.32 Å². The highest BCUT2D eigenvalue weighted by molar-refractivity contribution is 5.77. The van der Waals surface area contributed by atoms with Crippen molar-refractivity contribution in [3.8, 4) is 11.3 Å². The Bertz CT molecular complexity index is 1030. The van der Waals surface area contributed by atoms with E-state index in [1.54, 1.807) is 52.0 Å². The Kier molecular flexibility index (Phi) is 6.87. The van der Waals surface area contributed by atoms with Gasteiger partial charge in [0.15, 0.2) is 0 Å². The number of nitrogens with one attached hydrogen (secondary N) is 1. The van der Waals surface area contributed by atoms with Gasteiger partial charge in [-0.3, -0.25) is 0 Å². The first-order chi connectivity index (χ1) is 14.6. The minimum absolute atomic E-state index is 0.0407. The number of ether oxygens (including phenoxy) is 1. The van der Waals surface area contributed by atoms with E-state index in [9.17, 15) is 19.1 Å². The third-order valence-electron chi connectivity index (χ3n) is 4.73. The first kappa shape index (κ1) is 25.1. The second-order valence-electron chi connectivity index (χ2n) is 9.93. The van der Waals surface area contributed by atoms with Crippen LogP contribution in [0.3, 0.4) is 0 Å². The molecule has 2 rings (SSSR count). The van der Waals surface area contributed by atoms with Crippen LogP contribution in [0.15, 0.2) is 36.9 Å². The number of halogens is 1. The predicted molar refractivity (Wildman–Crippen MR) is 121 cm³/mol. The number of hydrogen-bond acceptors (Lipinski definition) is 4. The summed E-state index contributed by atoms with van der Waals surface area (Å²) >= 11 is 0. The SMILES string of the molecule is C=CCC(C)(NC(=O)OC(C)(C)C)c1nc(-c2ccccc2F)c(C(C)(C)C)n1C(=O)O. The van der Waals surface area contributed by atoms with Gasteiger partial charge >= 0.3 is 12.2 Å². The molecule has 32 heavy (non-hydrogen) atoms. The van der Waals surface area contributed by atoms with E-state index in [0.717, 1.165) is 4.57 Å². The molecule has 0 radical (unpaired) electrons. The van der Waals surface area contributed by atoms with Crippen molar-refractivity contribution in [2.45, 2.75) is 71.4 Å². The molecule has 2 aromatic rings. The zero-order chi connectivity index (χ0) is 24.5. The number of carbonyl (C=O) groups is 2. The highest BCUT2D eigenvalue weighted by Gasteiger charge is 2.40. The van der Waals surface area contributed by atoms with Crippen LogP contribution in [-0.2, 0) is 15.7 Å².